The number of nitrogens with one attached hydrogen (secondary N) is 2. The average molecular weight is 434 g/mol. The molecule has 0 unspecified atom stereocenters. The van der Waals surface area contributed by atoms with Crippen LogP contribution in [-0.2, 0) is 14.8 Å². The molecule has 162 valence electrons. The normalized spacial score (nSPS) is 16.2. The number of hydrogen-bond acceptors (Lipinski definition) is 6. The summed E-state index contributed by atoms with van der Waals surface area (Å²) in [6, 6.07) is 9.63. The second-order valence-corrected chi connectivity index (χ2v) is 8.76. The Morgan fingerprint density at radius 2 is 2.03 bits per heavy atom. The van der Waals surface area contributed by atoms with Crippen LogP contribution >= 0.6 is 0 Å². The Balaban J connectivity index is 1.72. The third-order valence-corrected chi connectivity index (χ3v) is 6.28. The highest BCUT2D eigenvalue weighted by atomic mass is 32.2. The van der Waals surface area contributed by atoms with E-state index in [0.717, 1.165) is 24.6 Å². The summed E-state index contributed by atoms with van der Waals surface area (Å²) >= 11 is 0. The largest absolute Gasteiger partial charge is 0.465 e. The van der Waals surface area contributed by atoms with Crippen molar-refractivity contribution in [3.05, 3.63) is 66.1 Å². The number of furan rings is 1. The predicted octanol–water partition coefficient (Wildman–Crippen LogP) is 1.86. The Kier molecular flexibility index (Phi) is 7.43. The highest BCUT2D eigenvalue weighted by Crippen LogP contribution is 2.23. The molecule has 8 nitrogen and oxygen atoms in total. The Morgan fingerprint density at radius 1 is 1.27 bits per heavy atom. The van der Waals surface area contributed by atoms with Gasteiger partial charge >= 0.3 is 0 Å². The van der Waals surface area contributed by atoms with E-state index < -0.39 is 10.0 Å². The van der Waals surface area contributed by atoms with Crippen molar-refractivity contribution in [2.75, 3.05) is 39.4 Å². The highest BCUT2D eigenvalue weighted by molar-refractivity contribution is 7.89. The summed E-state index contributed by atoms with van der Waals surface area (Å²) in [6.07, 6.45) is 1.45. The fourth-order valence-electron chi connectivity index (χ4n) is 3.28. The molecule has 3 rings (SSSR count). The molecule has 1 aromatic heterocycles. The predicted molar refractivity (Wildman–Crippen MR) is 113 cm³/mol. The number of aryl methyl sites for hydroxylation is 1. The molecular weight excluding hydrogens is 406 g/mol. The van der Waals surface area contributed by atoms with Gasteiger partial charge < -0.3 is 14.5 Å². The van der Waals surface area contributed by atoms with E-state index in [2.05, 4.69) is 21.5 Å². The lowest BCUT2D eigenvalue weighted by Gasteiger charge is -2.33. The van der Waals surface area contributed by atoms with Crippen molar-refractivity contribution in [3.63, 3.8) is 0 Å². The summed E-state index contributed by atoms with van der Waals surface area (Å²) < 4.78 is 38.2. The maximum atomic E-state index is 12.7. The van der Waals surface area contributed by atoms with Crippen LogP contribution in [0.4, 0.5) is 0 Å². The molecule has 2 heterocycles. The lowest BCUT2D eigenvalue weighted by Crippen LogP contribution is -2.43. The number of nitrogens with zero attached hydrogens (tertiary/aromatic N) is 1. The first-order valence-corrected chi connectivity index (χ1v) is 11.3. The molecule has 0 bridgehead atoms. The molecule has 1 saturated heterocycles. The van der Waals surface area contributed by atoms with Crippen molar-refractivity contribution in [2.45, 2.75) is 17.9 Å². The summed E-state index contributed by atoms with van der Waals surface area (Å²) in [5, 5.41) is 2.91. The van der Waals surface area contributed by atoms with E-state index in [9.17, 15) is 13.2 Å². The minimum atomic E-state index is -3.71. The first-order valence-electron chi connectivity index (χ1n) is 9.77. The molecule has 1 aliphatic heterocycles. The number of morpholine rings is 1. The standard InChI is InChI=1S/C21H27N3O5S/c1-3-9-23-30(26,27)18-6-4-5-17(14-18)21(25)22-15-19(20-8-7-16(2)29-20)24-10-12-28-13-11-24/h3-8,14,19,23H,1,9-13,15H2,2H3,(H,22,25)/t19-/m0/s1. The number of hydrogen-bond donors (Lipinski definition) is 2. The maximum Gasteiger partial charge on any atom is 0.251 e. The summed E-state index contributed by atoms with van der Waals surface area (Å²) in [5.41, 5.74) is 0.271. The van der Waals surface area contributed by atoms with E-state index >= 15 is 0 Å². The summed E-state index contributed by atoms with van der Waals surface area (Å²) in [6.45, 7) is 8.55. The third-order valence-electron chi connectivity index (χ3n) is 4.86. The molecule has 1 aliphatic rings. The van der Waals surface area contributed by atoms with Gasteiger partial charge in [0.1, 0.15) is 11.5 Å². The van der Waals surface area contributed by atoms with Crippen molar-refractivity contribution in [3.8, 4) is 0 Å². The van der Waals surface area contributed by atoms with Crippen LogP contribution in [0.3, 0.4) is 0 Å². The van der Waals surface area contributed by atoms with Gasteiger partial charge in [-0.2, -0.15) is 0 Å². The molecule has 9 heteroatoms. The second-order valence-electron chi connectivity index (χ2n) is 6.99. The summed E-state index contributed by atoms with van der Waals surface area (Å²) in [7, 11) is -3.71. The third kappa shape index (κ3) is 5.57. The maximum absolute atomic E-state index is 12.7. The fourth-order valence-corrected chi connectivity index (χ4v) is 4.32. The van der Waals surface area contributed by atoms with E-state index in [4.69, 9.17) is 9.15 Å². The number of carbonyl (C=O) groups excluding carboxylic acids is 1. The van der Waals surface area contributed by atoms with Crippen LogP contribution in [0.2, 0.25) is 0 Å². The highest BCUT2D eigenvalue weighted by Gasteiger charge is 2.26. The van der Waals surface area contributed by atoms with Crippen LogP contribution in [0.15, 0.2) is 58.4 Å². The zero-order valence-corrected chi connectivity index (χ0v) is 17.8. The van der Waals surface area contributed by atoms with Gasteiger partial charge in [0.05, 0.1) is 24.2 Å². The lowest BCUT2D eigenvalue weighted by molar-refractivity contribution is 0.0117. The number of rotatable bonds is 9. The van der Waals surface area contributed by atoms with Crippen LogP contribution in [0.5, 0.6) is 0 Å². The topological polar surface area (TPSA) is 101 Å². The Labute approximate surface area is 176 Å². The van der Waals surface area contributed by atoms with Gasteiger partial charge in [-0.05, 0) is 37.3 Å². The summed E-state index contributed by atoms with van der Waals surface area (Å²) in [5.74, 6) is 1.23. The van der Waals surface area contributed by atoms with Crippen molar-refractivity contribution in [2.24, 2.45) is 0 Å². The van der Waals surface area contributed by atoms with Crippen molar-refractivity contribution < 1.29 is 22.4 Å². The van der Waals surface area contributed by atoms with Gasteiger partial charge in [0, 0.05) is 31.7 Å². The smallest absolute Gasteiger partial charge is 0.251 e. The van der Waals surface area contributed by atoms with Gasteiger partial charge in [0.2, 0.25) is 10.0 Å². The zero-order chi connectivity index (χ0) is 21.6. The van der Waals surface area contributed by atoms with Gasteiger partial charge in [-0.25, -0.2) is 13.1 Å². The molecule has 1 fully saturated rings. The second kappa shape index (κ2) is 10.0. The Morgan fingerprint density at radius 3 is 2.70 bits per heavy atom. The van der Waals surface area contributed by atoms with Gasteiger partial charge in [0.25, 0.3) is 5.91 Å². The number of benzene rings is 1. The SMILES string of the molecule is C=CCNS(=O)(=O)c1cccc(C(=O)NC[C@@H](c2ccc(C)o2)N2CCOCC2)c1. The fraction of sp³-hybridized carbons (Fsp3) is 0.381. The lowest BCUT2D eigenvalue weighted by atomic mass is 10.1. The minimum absolute atomic E-state index is 0.0309. The Bertz CT molecular complexity index is 980. The van der Waals surface area contributed by atoms with Crippen LogP contribution in [0, 0.1) is 6.92 Å². The minimum Gasteiger partial charge on any atom is -0.465 e. The van der Waals surface area contributed by atoms with Crippen molar-refractivity contribution in [1.29, 1.82) is 0 Å². The molecular formula is C21H27N3O5S. The first kappa shape index (κ1) is 22.2. The Hall–Kier alpha value is -2.46. The molecule has 0 saturated carbocycles. The van der Waals surface area contributed by atoms with Gasteiger partial charge in [0.15, 0.2) is 0 Å². The van der Waals surface area contributed by atoms with Gasteiger partial charge in [-0.1, -0.05) is 12.1 Å². The monoisotopic (exact) mass is 433 g/mol. The van der Waals surface area contributed by atoms with Gasteiger partial charge in [-0.3, -0.25) is 9.69 Å². The van der Waals surface area contributed by atoms with E-state index in [1.165, 1.54) is 18.2 Å². The van der Waals surface area contributed by atoms with Crippen LogP contribution in [0.1, 0.15) is 27.9 Å². The van der Waals surface area contributed by atoms with E-state index in [0.29, 0.717) is 19.8 Å². The molecule has 1 aromatic carbocycles. The van der Waals surface area contributed by atoms with E-state index in [1.54, 1.807) is 12.1 Å². The molecule has 2 aromatic rings. The van der Waals surface area contributed by atoms with Crippen LogP contribution in [-0.4, -0.2) is 58.6 Å². The molecule has 1 atom stereocenters. The number of amides is 1. The molecule has 0 aliphatic carbocycles. The van der Waals surface area contributed by atoms with Crippen LogP contribution < -0.4 is 10.0 Å². The van der Waals surface area contributed by atoms with E-state index in [1.807, 2.05) is 19.1 Å². The van der Waals surface area contributed by atoms with Crippen molar-refractivity contribution in [1.82, 2.24) is 14.9 Å². The zero-order valence-electron chi connectivity index (χ0n) is 17.0. The quantitative estimate of drug-likeness (QED) is 0.586. The molecule has 0 spiro atoms. The van der Waals surface area contributed by atoms with Gasteiger partial charge in [-0.15, -0.1) is 6.58 Å². The van der Waals surface area contributed by atoms with Crippen molar-refractivity contribution >= 4 is 15.9 Å². The van der Waals surface area contributed by atoms with Crippen LogP contribution in [0.25, 0.3) is 0 Å². The summed E-state index contributed by atoms with van der Waals surface area (Å²) in [4.78, 5) is 15.0. The molecule has 30 heavy (non-hydrogen) atoms. The molecule has 0 radical (unpaired) electrons. The molecule has 2 N–H and O–H groups in total. The number of sulfonamides is 1. The average Bonchev–Trinajstić information content (AvgIpc) is 3.19. The number of carbonyl (C=O) groups is 1. The molecule has 1 amide bonds. The number of ether oxygens (including phenoxy) is 1. The van der Waals surface area contributed by atoms with E-state index in [-0.39, 0.29) is 29.0 Å². The first-order chi connectivity index (χ1) is 14.4.